The lowest BCUT2D eigenvalue weighted by molar-refractivity contribution is -0.138. The van der Waals surface area contributed by atoms with E-state index in [-0.39, 0.29) is 167 Å². The smallest absolute Gasteiger partial charge is 0.322 e. The summed E-state index contributed by atoms with van der Waals surface area (Å²) in [5, 5.41) is 110. The Kier molecular flexibility index (Phi) is 51.4. The number of carbonyl (C=O) groups is 14. The fourth-order valence-corrected chi connectivity index (χ4v) is 11.2. The van der Waals surface area contributed by atoms with Crippen LogP contribution in [0.5, 0.6) is 5.75 Å². The van der Waals surface area contributed by atoms with Gasteiger partial charge in [0.15, 0.2) is 35.8 Å². The highest BCUT2D eigenvalue weighted by Gasteiger charge is 2.37. The molecule has 0 saturated heterocycles. The Labute approximate surface area is 681 Å². The largest absolute Gasteiger partial charge is 0.508 e. The van der Waals surface area contributed by atoms with Crippen LogP contribution in [0.25, 0.3) is 0 Å². The number of aromatic hydroxyl groups is 1. The van der Waals surface area contributed by atoms with Gasteiger partial charge in [0.1, 0.15) is 72.7 Å². The van der Waals surface area contributed by atoms with E-state index in [4.69, 9.17) is 89.8 Å². The van der Waals surface area contributed by atoms with Gasteiger partial charge >= 0.3 is 5.97 Å². The molecule has 0 heterocycles. The Hall–Kier alpha value is -12.9. The van der Waals surface area contributed by atoms with Crippen LogP contribution >= 0.6 is 0 Å². The molecule has 1 aromatic carbocycles. The van der Waals surface area contributed by atoms with Gasteiger partial charge in [-0.3, -0.25) is 99.6 Å². The molecule has 10 atom stereocenters. The molecule has 0 bridgehead atoms. The Bertz CT molecular complexity index is 3500. The van der Waals surface area contributed by atoms with Crippen molar-refractivity contribution >= 4 is 119 Å². The number of rotatable bonds is 62. The van der Waals surface area contributed by atoms with Crippen LogP contribution in [0.4, 0.5) is 0 Å². The van der Waals surface area contributed by atoms with Crippen molar-refractivity contribution in [3.8, 4) is 5.75 Å². The molecule has 0 radical (unpaired) electrons. The molecule has 0 saturated carbocycles. The summed E-state index contributed by atoms with van der Waals surface area (Å²) in [6, 6.07) is -9.58. The molecule has 0 fully saturated rings. The molecule has 0 aliphatic carbocycles. The summed E-state index contributed by atoms with van der Waals surface area (Å²) in [6.45, 7) is -1.90. The second-order valence-corrected chi connectivity index (χ2v) is 27.1. The number of aliphatic carboxylic acids is 1. The van der Waals surface area contributed by atoms with Gasteiger partial charge in [-0.2, -0.15) is 0 Å². The molecule has 0 aliphatic heterocycles. The molecule has 50 nitrogen and oxygen atoms in total. The summed E-state index contributed by atoms with van der Waals surface area (Å²) in [6.07, 6.45) is -1.60. The monoisotopic (exact) mass is 1670 g/mol. The van der Waals surface area contributed by atoms with Crippen LogP contribution in [0.2, 0.25) is 0 Å². The second kappa shape index (κ2) is 58.9. The van der Waals surface area contributed by atoms with Gasteiger partial charge in [-0.1, -0.05) is 12.1 Å². The maximum atomic E-state index is 14.9. The number of carboxylic acids is 1. The fourth-order valence-electron chi connectivity index (χ4n) is 11.2. The quantitative estimate of drug-likeness (QED) is 0.0164. The van der Waals surface area contributed by atoms with Gasteiger partial charge in [-0.05, 0) is 153 Å². The lowest BCUT2D eigenvalue weighted by Gasteiger charge is -2.28. The molecular weight excluding hydrogens is 1550 g/mol. The second-order valence-electron chi connectivity index (χ2n) is 27.1. The number of phenolic OH excluding ortho intramolecular Hbond substituents is 1. The molecule has 50 heteroatoms. The van der Waals surface area contributed by atoms with E-state index in [1.54, 1.807) is 0 Å². The van der Waals surface area contributed by atoms with E-state index in [0.29, 0.717) is 18.4 Å². The lowest BCUT2D eigenvalue weighted by atomic mass is 10.0. The molecule has 0 aliphatic rings. The van der Waals surface area contributed by atoms with Gasteiger partial charge in [-0.15, -0.1) is 0 Å². The number of carboxylic acid groups (broad SMARTS) is 1. The standard InChI is InChI=1S/C68H124N34O16/c69-25-3-1-11-41(96-55(111)40(14-6-28-86-64(75)76)93-51(106)35-91-54(110)48(94-50(105)34-71)33-37-19-21-38(103)22-20-37)56(112)97-42(12-2-4-26-70)57(113)98-44(16-8-30-88-66(79)80)59(115)100-46(18-10-32-90-68(83)84)61(117)102-47(23-24-49(72)104)62(118)101-45(17-9-31-89-67(81)82)60(116)99-43(15-7-29-87-65(77)78)58(114)95-39(13-5-27-85-63(73)74)53(109)92-36-52(107)108/h19-22,39-48,103H,1-18,23-36,69-71H2,(H2,72,104)(H,91,110)(H,92,109)(H,93,106)(H,94,105)(H,95,114)(H,96,111)(H,97,112)(H,98,113)(H,99,116)(H,100,115)(H,101,118)(H,102,117)(H,107,108)(H4,73,74,85)(H4,75,76,86)(H4,77,78,87)(H4,79,80,88)(H4,81,82,89)(H4,83,84,90)/t39-,40-,41-,42-,43-,44-,45-,46-,47-,48-/m0/s1. The third-order valence-electron chi connectivity index (χ3n) is 17.2. The minimum atomic E-state index is -1.78. The molecular formula is C68H124N34O16. The van der Waals surface area contributed by atoms with E-state index in [9.17, 15) is 77.3 Å². The average Bonchev–Trinajstić information content (AvgIpc) is 0.860. The third-order valence-corrected chi connectivity index (χ3v) is 17.2. The van der Waals surface area contributed by atoms with Crippen molar-refractivity contribution in [3.63, 3.8) is 0 Å². The average molecular weight is 1670 g/mol. The van der Waals surface area contributed by atoms with Crippen molar-refractivity contribution in [2.45, 2.75) is 195 Å². The van der Waals surface area contributed by atoms with E-state index in [0.717, 1.165) is 0 Å². The van der Waals surface area contributed by atoms with Gasteiger partial charge in [0.2, 0.25) is 76.8 Å². The van der Waals surface area contributed by atoms with Crippen molar-refractivity contribution in [1.82, 2.24) is 95.7 Å². The zero-order valence-electron chi connectivity index (χ0n) is 66.1. The van der Waals surface area contributed by atoms with E-state index in [1.807, 2.05) is 0 Å². The fraction of sp³-hybridized carbons (Fsp3) is 0.618. The predicted octanol–water partition coefficient (Wildman–Crippen LogP) is -11.8. The molecule has 1 aromatic rings. The summed E-state index contributed by atoms with van der Waals surface area (Å²) in [5.74, 6) is -16.6. The van der Waals surface area contributed by atoms with E-state index in [2.05, 4.69) is 95.7 Å². The summed E-state index contributed by atoms with van der Waals surface area (Å²) in [4.78, 5) is 194. The molecule has 1 rings (SSSR count). The van der Waals surface area contributed by atoms with E-state index >= 15 is 0 Å². The zero-order valence-corrected chi connectivity index (χ0v) is 66.1. The number of carbonyl (C=O) groups excluding carboxylic acids is 13. The predicted molar refractivity (Wildman–Crippen MR) is 433 cm³/mol. The van der Waals surface area contributed by atoms with Crippen LogP contribution in [0.3, 0.4) is 0 Å². The Morgan fingerprint density at radius 3 is 0.805 bits per heavy atom. The van der Waals surface area contributed by atoms with Crippen LogP contribution < -0.4 is 153 Å². The van der Waals surface area contributed by atoms with Crippen LogP contribution in [0.15, 0.2) is 24.3 Å². The maximum Gasteiger partial charge on any atom is 0.322 e. The van der Waals surface area contributed by atoms with Gasteiger partial charge in [0.05, 0.1) is 13.1 Å². The Morgan fingerprint density at radius 1 is 0.297 bits per heavy atom. The van der Waals surface area contributed by atoms with Gasteiger partial charge in [0.25, 0.3) is 0 Å². The highest BCUT2D eigenvalue weighted by atomic mass is 16.4. The number of hydrogen-bond donors (Lipinski definition) is 36. The molecule has 0 aromatic heterocycles. The molecule has 662 valence electrons. The van der Waals surface area contributed by atoms with Gasteiger partial charge < -0.3 is 163 Å². The molecule has 0 unspecified atom stereocenters. The van der Waals surface area contributed by atoms with Crippen molar-refractivity contribution in [3.05, 3.63) is 29.8 Å². The first-order valence-electron chi connectivity index (χ1n) is 38.3. The van der Waals surface area contributed by atoms with Crippen LogP contribution in [-0.4, -0.2) is 261 Å². The van der Waals surface area contributed by atoms with Gasteiger partial charge in [0, 0.05) is 52.1 Å². The topological polar surface area (TPSA) is 899 Å². The number of phenols is 1. The van der Waals surface area contributed by atoms with Crippen LogP contribution in [0, 0.1) is 32.5 Å². The van der Waals surface area contributed by atoms with Crippen molar-refractivity contribution < 1.29 is 77.3 Å². The number of hydrogen-bond acceptors (Lipinski definition) is 24. The first-order chi connectivity index (χ1) is 55.9. The molecule has 46 N–H and O–H groups in total. The minimum Gasteiger partial charge on any atom is -0.508 e. The van der Waals surface area contributed by atoms with Crippen LogP contribution in [0.1, 0.15) is 134 Å². The Morgan fingerprint density at radius 2 is 0.542 bits per heavy atom. The highest BCUT2D eigenvalue weighted by Crippen LogP contribution is 2.15. The summed E-state index contributed by atoms with van der Waals surface area (Å²) in [7, 11) is 0. The number of guanidine groups is 6. The number of nitrogens with one attached hydrogen (secondary N) is 24. The SMILES string of the molecule is N=C(N)NCCC[C@H](NC(=O)CNC(=O)[C@H](Cc1ccc(O)cc1)NC(=O)CN)C(=O)N[C@@H](CCCCN)C(=O)N[C@@H](CCCCN)C(=O)N[C@@H](CCCNC(=N)N)C(=O)N[C@@H](CCCNC(=N)N)C(=O)N[C@@H](CCC(N)=O)C(=O)N[C@@H](CCCNC(=N)N)C(=O)N[C@@H](CCCNC(=N)N)C(=O)N[C@@H](CCCNC(=N)N)C(=O)NCC(=O)O. The summed E-state index contributed by atoms with van der Waals surface area (Å²) in [5.41, 5.74) is 56.3. The number of nitrogens with two attached hydrogens (primary N) is 10. The number of amides is 13. The zero-order chi connectivity index (χ0) is 88.7. The van der Waals surface area contributed by atoms with Crippen molar-refractivity contribution in [2.75, 3.05) is 72.0 Å². The maximum absolute atomic E-state index is 14.9. The number of benzene rings is 1. The van der Waals surface area contributed by atoms with Crippen molar-refractivity contribution in [1.29, 1.82) is 32.5 Å². The van der Waals surface area contributed by atoms with Crippen LogP contribution in [-0.2, 0) is 73.5 Å². The van der Waals surface area contributed by atoms with Gasteiger partial charge in [-0.25, -0.2) is 0 Å². The first kappa shape index (κ1) is 103. The first-order valence-corrected chi connectivity index (χ1v) is 38.3. The minimum absolute atomic E-state index is 0.00892. The van der Waals surface area contributed by atoms with E-state index < -0.39 is 211 Å². The molecule has 118 heavy (non-hydrogen) atoms. The van der Waals surface area contributed by atoms with Crippen molar-refractivity contribution in [2.24, 2.45) is 57.3 Å². The third kappa shape index (κ3) is 47.7. The Balaban J connectivity index is 3.95. The number of primary amides is 1. The molecule has 0 spiro atoms. The summed E-state index contributed by atoms with van der Waals surface area (Å²) < 4.78 is 0. The lowest BCUT2D eigenvalue weighted by Crippen LogP contribution is -2.60. The normalized spacial score (nSPS) is 13.2. The summed E-state index contributed by atoms with van der Waals surface area (Å²) >= 11 is 0. The van der Waals surface area contributed by atoms with E-state index in [1.165, 1.54) is 24.3 Å². The highest BCUT2D eigenvalue weighted by molar-refractivity contribution is 6.00. The number of unbranched alkanes of at least 4 members (excludes halogenated alkanes) is 2. The molecule has 13 amide bonds.